The number of benzene rings is 4. The van der Waals surface area contributed by atoms with Crippen molar-refractivity contribution in [2.24, 2.45) is 5.92 Å². The first-order valence-electron chi connectivity index (χ1n) is 15.4. The van der Waals surface area contributed by atoms with Crippen molar-refractivity contribution in [1.82, 2.24) is 10.2 Å². The molecule has 0 unspecified atom stereocenters. The number of carbonyl (C=O) groups excluding carboxylic acids is 2. The molecule has 0 aliphatic rings. The van der Waals surface area contributed by atoms with Gasteiger partial charge < -0.3 is 10.2 Å². The minimum absolute atomic E-state index is 0.0297. The molecule has 0 fully saturated rings. The van der Waals surface area contributed by atoms with E-state index >= 15 is 4.39 Å². The first-order valence-corrected chi connectivity index (χ1v) is 16.8. The lowest BCUT2D eigenvalue weighted by molar-refractivity contribution is -0.140. The number of hydrogen-bond acceptors (Lipinski definition) is 4. The van der Waals surface area contributed by atoms with Crippen molar-refractivity contribution in [3.8, 4) is 0 Å². The zero-order chi connectivity index (χ0) is 33.4. The van der Waals surface area contributed by atoms with Crippen LogP contribution in [0.5, 0.6) is 0 Å². The number of aryl methyl sites for hydroxylation is 3. The molecule has 2 amide bonds. The van der Waals surface area contributed by atoms with E-state index in [1.165, 1.54) is 23.1 Å². The van der Waals surface area contributed by atoms with Crippen molar-refractivity contribution in [2.75, 3.05) is 17.4 Å². The molecular weight excluding hydrogens is 601 g/mol. The van der Waals surface area contributed by atoms with E-state index in [0.717, 1.165) is 21.0 Å². The van der Waals surface area contributed by atoms with E-state index in [-0.39, 0.29) is 29.3 Å². The van der Waals surface area contributed by atoms with E-state index in [4.69, 9.17) is 0 Å². The number of carbonyl (C=O) groups is 2. The molecule has 0 bridgehead atoms. The molecule has 0 spiro atoms. The van der Waals surface area contributed by atoms with Crippen LogP contribution in [0, 0.1) is 32.5 Å². The number of hydrogen-bond donors (Lipinski definition) is 1. The largest absolute Gasteiger partial charge is 0.354 e. The van der Waals surface area contributed by atoms with Crippen molar-refractivity contribution in [1.29, 1.82) is 0 Å². The fraction of sp³-hybridized carbons (Fsp3) is 0.297. The van der Waals surface area contributed by atoms with Crippen molar-refractivity contribution < 1.29 is 22.4 Å². The predicted molar refractivity (Wildman–Crippen MR) is 180 cm³/mol. The van der Waals surface area contributed by atoms with Crippen molar-refractivity contribution in [3.63, 3.8) is 0 Å². The Labute approximate surface area is 272 Å². The smallest absolute Gasteiger partial charge is 0.264 e. The Morgan fingerprint density at radius 3 is 2.09 bits per heavy atom. The number of halogens is 1. The molecule has 0 aliphatic carbocycles. The number of nitrogens with zero attached hydrogens (tertiary/aromatic N) is 2. The van der Waals surface area contributed by atoms with Crippen LogP contribution in [0.2, 0.25) is 0 Å². The molecule has 0 aliphatic heterocycles. The summed E-state index contributed by atoms with van der Waals surface area (Å²) in [7, 11) is -4.23. The first kappa shape index (κ1) is 34.4. The maximum Gasteiger partial charge on any atom is 0.264 e. The summed E-state index contributed by atoms with van der Waals surface area (Å²) in [6.07, 6.45) is 0.152. The van der Waals surface area contributed by atoms with Gasteiger partial charge in [-0.1, -0.05) is 97.8 Å². The van der Waals surface area contributed by atoms with Gasteiger partial charge in [0.05, 0.1) is 10.6 Å². The third-order valence-electron chi connectivity index (χ3n) is 7.76. The van der Waals surface area contributed by atoms with Gasteiger partial charge in [0, 0.05) is 25.1 Å². The number of anilines is 1. The number of nitrogens with one attached hydrogen (secondary N) is 1. The molecule has 0 heterocycles. The molecule has 4 rings (SSSR count). The average molecular weight is 644 g/mol. The van der Waals surface area contributed by atoms with Crippen molar-refractivity contribution >= 4 is 27.5 Å². The van der Waals surface area contributed by atoms with E-state index in [1.807, 2.05) is 64.1 Å². The van der Waals surface area contributed by atoms with Crippen LogP contribution in [0.25, 0.3) is 0 Å². The second kappa shape index (κ2) is 15.2. The van der Waals surface area contributed by atoms with Crippen LogP contribution in [0.1, 0.15) is 41.7 Å². The Hall–Kier alpha value is -4.50. The fourth-order valence-corrected chi connectivity index (χ4v) is 6.70. The standard InChI is InChI=1S/C37H42FN3O4S/c1-26(2)23-39-37(43)35(22-30-11-7-6-8-12-30)40(24-31-13-9-10-14-33(31)38)36(42)25-41(34-20-17-28(4)21-29(34)5)46(44,45)32-18-15-27(3)16-19-32/h6-21,26,35H,22-25H2,1-5H3,(H,39,43)/t35-/m1/s1. The van der Waals surface area contributed by atoms with E-state index < -0.39 is 40.2 Å². The van der Waals surface area contributed by atoms with E-state index in [0.29, 0.717) is 17.8 Å². The minimum atomic E-state index is -4.23. The summed E-state index contributed by atoms with van der Waals surface area (Å²) in [4.78, 5) is 29.7. The van der Waals surface area contributed by atoms with Gasteiger partial charge in [-0.05, 0) is 62.1 Å². The van der Waals surface area contributed by atoms with Gasteiger partial charge in [0.25, 0.3) is 10.0 Å². The molecule has 4 aromatic carbocycles. The Morgan fingerprint density at radius 2 is 1.46 bits per heavy atom. The summed E-state index contributed by atoms with van der Waals surface area (Å²) in [6.45, 7) is 9.03. The summed E-state index contributed by atoms with van der Waals surface area (Å²) in [5.41, 5.74) is 3.85. The Balaban J connectivity index is 1.83. The number of sulfonamides is 1. The molecule has 0 aromatic heterocycles. The topological polar surface area (TPSA) is 86.8 Å². The van der Waals surface area contributed by atoms with Gasteiger partial charge in [-0.25, -0.2) is 12.8 Å². The average Bonchev–Trinajstić information content (AvgIpc) is 3.02. The summed E-state index contributed by atoms with van der Waals surface area (Å²) in [5.74, 6) is -1.42. The quantitative estimate of drug-likeness (QED) is 0.184. The molecule has 7 nitrogen and oxygen atoms in total. The highest BCUT2D eigenvalue weighted by Crippen LogP contribution is 2.29. The zero-order valence-electron chi connectivity index (χ0n) is 27.0. The van der Waals surface area contributed by atoms with Gasteiger partial charge in [-0.3, -0.25) is 13.9 Å². The van der Waals surface area contributed by atoms with Crippen LogP contribution in [0.15, 0.2) is 102 Å². The Bertz CT molecular complexity index is 1760. The summed E-state index contributed by atoms with van der Waals surface area (Å²) in [6, 6.07) is 26.1. The Kier molecular flexibility index (Phi) is 11.4. The van der Waals surface area contributed by atoms with Gasteiger partial charge in [-0.15, -0.1) is 0 Å². The van der Waals surface area contributed by atoms with E-state index in [1.54, 1.807) is 49.4 Å². The number of amides is 2. The zero-order valence-corrected chi connectivity index (χ0v) is 27.9. The summed E-state index contributed by atoms with van der Waals surface area (Å²) >= 11 is 0. The lowest BCUT2D eigenvalue weighted by Gasteiger charge is -2.34. The maximum absolute atomic E-state index is 15.1. The maximum atomic E-state index is 15.1. The van der Waals surface area contributed by atoms with Crippen LogP contribution in [0.3, 0.4) is 0 Å². The SMILES string of the molecule is Cc1ccc(S(=O)(=O)N(CC(=O)N(Cc2ccccc2F)[C@H](Cc2ccccc2)C(=O)NCC(C)C)c2ccc(C)cc2C)cc1. The van der Waals surface area contributed by atoms with E-state index in [2.05, 4.69) is 5.32 Å². The predicted octanol–water partition coefficient (Wildman–Crippen LogP) is 6.36. The highest BCUT2D eigenvalue weighted by molar-refractivity contribution is 7.92. The summed E-state index contributed by atoms with van der Waals surface area (Å²) < 4.78 is 44.6. The lowest BCUT2D eigenvalue weighted by Crippen LogP contribution is -2.54. The number of rotatable bonds is 13. The van der Waals surface area contributed by atoms with Crippen LogP contribution in [-0.2, 0) is 32.6 Å². The van der Waals surface area contributed by atoms with Gasteiger partial charge >= 0.3 is 0 Å². The molecule has 1 N–H and O–H groups in total. The lowest BCUT2D eigenvalue weighted by atomic mass is 10.0. The normalized spacial score (nSPS) is 12.1. The third-order valence-corrected chi connectivity index (χ3v) is 9.54. The molecule has 1 atom stereocenters. The summed E-state index contributed by atoms with van der Waals surface area (Å²) in [5, 5.41) is 2.94. The van der Waals surface area contributed by atoms with Gasteiger partial charge in [-0.2, -0.15) is 0 Å². The van der Waals surface area contributed by atoms with Crippen LogP contribution in [0.4, 0.5) is 10.1 Å². The van der Waals surface area contributed by atoms with Crippen molar-refractivity contribution in [2.45, 2.75) is 58.5 Å². The molecule has 4 aromatic rings. The Morgan fingerprint density at radius 1 is 0.826 bits per heavy atom. The second-order valence-corrected chi connectivity index (χ2v) is 13.9. The molecule has 0 radical (unpaired) electrons. The van der Waals surface area contributed by atoms with Crippen molar-refractivity contribution in [3.05, 3.63) is 131 Å². The third kappa shape index (κ3) is 8.60. The van der Waals surface area contributed by atoms with Gasteiger partial charge in [0.15, 0.2) is 0 Å². The highest BCUT2D eigenvalue weighted by Gasteiger charge is 2.35. The minimum Gasteiger partial charge on any atom is -0.354 e. The molecular formula is C37H42FN3O4S. The van der Waals surface area contributed by atoms with Crippen LogP contribution >= 0.6 is 0 Å². The van der Waals surface area contributed by atoms with E-state index in [9.17, 15) is 18.0 Å². The van der Waals surface area contributed by atoms with Crippen LogP contribution in [-0.4, -0.2) is 44.3 Å². The molecule has 0 saturated carbocycles. The second-order valence-electron chi connectivity index (χ2n) is 12.1. The molecule has 9 heteroatoms. The molecule has 46 heavy (non-hydrogen) atoms. The molecule has 242 valence electrons. The van der Waals surface area contributed by atoms with Gasteiger partial charge in [0.2, 0.25) is 11.8 Å². The fourth-order valence-electron chi connectivity index (χ4n) is 5.22. The first-order chi connectivity index (χ1) is 21.9. The molecule has 0 saturated heterocycles. The monoisotopic (exact) mass is 643 g/mol. The van der Waals surface area contributed by atoms with Gasteiger partial charge in [0.1, 0.15) is 18.4 Å². The highest BCUT2D eigenvalue weighted by atomic mass is 32.2. The van der Waals surface area contributed by atoms with Crippen LogP contribution < -0.4 is 9.62 Å².